The number of nitrogens with zero attached hydrogens (tertiary/aromatic N) is 4. The van der Waals surface area contributed by atoms with Gasteiger partial charge in [0.05, 0.1) is 0 Å². The first-order chi connectivity index (χ1) is 38.9. The summed E-state index contributed by atoms with van der Waals surface area (Å²) < 4.78 is 35.5. The molecule has 13 rings (SSSR count). The molecule has 3 heterocycles. The maximum Gasteiger partial charge on any atom is 0.135 e. The third-order valence-electron chi connectivity index (χ3n) is 16.3. The van der Waals surface area contributed by atoms with Gasteiger partial charge in [-0.05, 0) is 116 Å². The summed E-state index contributed by atoms with van der Waals surface area (Å²) in [6, 6.07) is 76.2. The van der Waals surface area contributed by atoms with Crippen molar-refractivity contribution in [3.8, 4) is 61.8 Å². The van der Waals surface area contributed by atoms with E-state index in [1.165, 1.54) is 16.7 Å². The Labute approximate surface area is 484 Å². The van der Waals surface area contributed by atoms with Crippen molar-refractivity contribution in [2.45, 2.75) is 84.4 Å². The van der Waals surface area contributed by atoms with E-state index in [1.54, 1.807) is 0 Å². The molecule has 2 aromatic heterocycles. The average Bonchev–Trinajstić information content (AvgIpc) is 4.09. The SMILES string of the molecule is [2H]C([2H])([2H])c1cc(-c2cccc(-c3ccc4c(c3)C(C)(C)CCC4(C)C)c2N2[CH-]N(c3[c-]c(Oc4[c-]c5c(cc4)c4ccccc4n5-c4cc(C(C)(C)C)c(-c5ccccc5)cn4)ccc3)c3ccccc32)ccc1-c1ccccc1.[Pt]. The minimum absolute atomic E-state index is 0. The summed E-state index contributed by atoms with van der Waals surface area (Å²) >= 11 is 0. The van der Waals surface area contributed by atoms with Crippen LogP contribution in [0.5, 0.6) is 11.5 Å². The molecule has 0 spiro atoms. The number of pyridine rings is 1. The summed E-state index contributed by atoms with van der Waals surface area (Å²) in [5.74, 6) is 1.90. The van der Waals surface area contributed by atoms with E-state index < -0.39 is 6.85 Å². The van der Waals surface area contributed by atoms with Gasteiger partial charge in [-0.2, -0.15) is 12.1 Å². The maximum absolute atomic E-state index is 8.84. The zero-order valence-corrected chi connectivity index (χ0v) is 47.9. The summed E-state index contributed by atoms with van der Waals surface area (Å²) in [4.78, 5) is 9.58. The van der Waals surface area contributed by atoms with Gasteiger partial charge in [0.15, 0.2) is 0 Å². The standard InChI is InChI=1S/C73H63N4O.Pt/c1-48-41-51(33-36-56(48)49-21-11-9-12-22-49)57-28-20-29-58(52-34-38-62-64(42-52)73(7,8)40-39-72(62,5)6)70(57)76-47-75(66-31-17-18-32-67(66)76)53-25-19-26-54(43-53)78-55-35-37-60-59-27-15-16-30-65(59)77(68(60)44-55)69-45-63(71(2,3)4)61(46-74-69)50-23-13-10-14-24-50;/h9-38,41-42,45-47H,39-40H2,1-8H3;/q-3;/i1D3;. The van der Waals surface area contributed by atoms with Crippen molar-refractivity contribution in [2.24, 2.45) is 0 Å². The maximum atomic E-state index is 8.84. The molecule has 9 aromatic carbocycles. The van der Waals surface area contributed by atoms with E-state index in [9.17, 15) is 0 Å². The van der Waals surface area contributed by atoms with E-state index >= 15 is 0 Å². The van der Waals surface area contributed by atoms with Crippen LogP contribution in [-0.4, -0.2) is 9.55 Å². The first-order valence-electron chi connectivity index (χ1n) is 28.6. The predicted octanol–water partition coefficient (Wildman–Crippen LogP) is 19.6. The van der Waals surface area contributed by atoms with Gasteiger partial charge in [-0.15, -0.1) is 48.1 Å². The zero-order chi connectivity index (χ0) is 56.0. The Bertz CT molecular complexity index is 4230. The Balaban J connectivity index is 0.00000665. The van der Waals surface area contributed by atoms with Gasteiger partial charge in [-0.3, -0.25) is 0 Å². The number of hydrogen-bond donors (Lipinski definition) is 0. The first kappa shape index (κ1) is 48.2. The minimum Gasteiger partial charge on any atom is -0.509 e. The van der Waals surface area contributed by atoms with Crippen molar-refractivity contribution in [1.82, 2.24) is 9.55 Å². The molecule has 5 nitrogen and oxygen atoms in total. The van der Waals surface area contributed by atoms with Crippen molar-refractivity contribution in [1.29, 1.82) is 0 Å². The summed E-state index contributed by atoms with van der Waals surface area (Å²) in [5, 5.41) is 2.16. The molecule has 0 saturated carbocycles. The number of aromatic nitrogens is 2. The number of hydrogen-bond acceptors (Lipinski definition) is 4. The number of fused-ring (bicyclic) bond motifs is 5. The van der Waals surface area contributed by atoms with Crippen molar-refractivity contribution in [3.05, 3.63) is 247 Å². The van der Waals surface area contributed by atoms with Gasteiger partial charge >= 0.3 is 0 Å². The van der Waals surface area contributed by atoms with E-state index in [0.29, 0.717) is 22.6 Å². The Hall–Kier alpha value is -7.98. The van der Waals surface area contributed by atoms with Gasteiger partial charge in [0.1, 0.15) is 5.82 Å². The number of rotatable bonds is 9. The Morgan fingerprint density at radius 1 is 0.544 bits per heavy atom. The summed E-state index contributed by atoms with van der Waals surface area (Å²) in [6.45, 7) is 16.0. The molecule has 0 saturated heterocycles. The zero-order valence-electron chi connectivity index (χ0n) is 48.6. The molecule has 394 valence electrons. The van der Waals surface area contributed by atoms with Crippen molar-refractivity contribution < 1.29 is 29.9 Å². The molecule has 2 aliphatic rings. The molecule has 0 fully saturated rings. The Kier molecular flexibility index (Phi) is 12.2. The summed E-state index contributed by atoms with van der Waals surface area (Å²) in [7, 11) is 0. The van der Waals surface area contributed by atoms with Crippen LogP contribution in [0.1, 0.15) is 87.7 Å². The molecule has 11 aromatic rings. The number of ether oxygens (including phenoxy) is 1. The van der Waals surface area contributed by atoms with Gasteiger partial charge in [0.25, 0.3) is 0 Å². The van der Waals surface area contributed by atoms with E-state index in [1.807, 2.05) is 72.9 Å². The Morgan fingerprint density at radius 3 is 1.89 bits per heavy atom. The normalized spacial score (nSPS) is 15.2. The smallest absolute Gasteiger partial charge is 0.135 e. The largest absolute Gasteiger partial charge is 0.509 e. The van der Waals surface area contributed by atoms with Gasteiger partial charge in [0, 0.05) is 82.1 Å². The van der Waals surface area contributed by atoms with Gasteiger partial charge in [0.2, 0.25) is 0 Å². The molecule has 0 amide bonds. The van der Waals surface area contributed by atoms with E-state index in [2.05, 4.69) is 215 Å². The van der Waals surface area contributed by atoms with E-state index in [0.717, 1.165) is 102 Å². The molecular weight excluding hydrogens is 1140 g/mol. The number of aryl methyl sites for hydroxylation is 1. The van der Waals surface area contributed by atoms with Gasteiger partial charge in [-0.25, -0.2) is 4.98 Å². The number of anilines is 4. The second-order valence-electron chi connectivity index (χ2n) is 23.3. The van der Waals surface area contributed by atoms with Crippen LogP contribution < -0.4 is 14.5 Å². The molecular formula is C73H63N4OPt-3. The van der Waals surface area contributed by atoms with Crippen LogP contribution in [0, 0.1) is 25.7 Å². The van der Waals surface area contributed by atoms with Crippen LogP contribution in [0.3, 0.4) is 0 Å². The predicted molar refractivity (Wildman–Crippen MR) is 325 cm³/mol. The third kappa shape index (κ3) is 9.26. The van der Waals surface area contributed by atoms with Gasteiger partial charge in [-0.1, -0.05) is 200 Å². The van der Waals surface area contributed by atoms with Crippen molar-refractivity contribution >= 4 is 44.6 Å². The molecule has 1 aliphatic heterocycles. The van der Waals surface area contributed by atoms with Gasteiger partial charge < -0.3 is 19.1 Å². The van der Waals surface area contributed by atoms with Crippen LogP contribution in [-0.2, 0) is 37.3 Å². The summed E-state index contributed by atoms with van der Waals surface area (Å²) in [6.07, 6.45) is 4.22. The molecule has 0 unspecified atom stereocenters. The minimum atomic E-state index is -2.37. The Morgan fingerprint density at radius 2 is 1.16 bits per heavy atom. The van der Waals surface area contributed by atoms with E-state index in [-0.39, 0.29) is 37.3 Å². The second-order valence-corrected chi connectivity index (χ2v) is 23.3. The first-order valence-corrected chi connectivity index (χ1v) is 27.1. The molecule has 6 heteroatoms. The molecule has 0 bridgehead atoms. The monoisotopic (exact) mass is 1210 g/mol. The van der Waals surface area contributed by atoms with Crippen LogP contribution >= 0.6 is 0 Å². The number of benzene rings is 9. The van der Waals surface area contributed by atoms with Crippen LogP contribution in [0.2, 0.25) is 0 Å². The average molecular weight is 1210 g/mol. The fourth-order valence-corrected chi connectivity index (χ4v) is 12.0. The van der Waals surface area contributed by atoms with Crippen molar-refractivity contribution in [2.75, 3.05) is 9.80 Å². The molecule has 0 N–H and O–H groups in total. The van der Waals surface area contributed by atoms with Crippen LogP contribution in [0.25, 0.3) is 72.1 Å². The van der Waals surface area contributed by atoms with Crippen LogP contribution in [0.15, 0.2) is 206 Å². The van der Waals surface area contributed by atoms with Crippen molar-refractivity contribution in [3.63, 3.8) is 0 Å². The number of para-hydroxylation sites is 4. The molecule has 79 heavy (non-hydrogen) atoms. The molecule has 1 aliphatic carbocycles. The third-order valence-corrected chi connectivity index (χ3v) is 16.3. The topological polar surface area (TPSA) is 33.5 Å². The fourth-order valence-electron chi connectivity index (χ4n) is 12.0. The fraction of sp³-hybridized carbons (Fsp3) is 0.178. The quantitative estimate of drug-likeness (QED) is 0.135. The second kappa shape index (κ2) is 20.0. The summed E-state index contributed by atoms with van der Waals surface area (Å²) in [5.41, 5.74) is 17.3. The van der Waals surface area contributed by atoms with Crippen LogP contribution in [0.4, 0.5) is 22.7 Å². The molecule has 0 atom stereocenters. The molecule has 0 radical (unpaired) electrons. The van der Waals surface area contributed by atoms with E-state index in [4.69, 9.17) is 13.8 Å².